The molecule has 3 rings (SSSR count). The summed E-state index contributed by atoms with van der Waals surface area (Å²) >= 11 is 0. The Morgan fingerprint density at radius 3 is 2.24 bits per heavy atom. The predicted octanol–water partition coefficient (Wildman–Crippen LogP) is 3.11. The summed E-state index contributed by atoms with van der Waals surface area (Å²) in [4.78, 5) is 12.8. The molecule has 2 aromatic carbocycles. The Morgan fingerprint density at radius 1 is 1.00 bits per heavy atom. The lowest BCUT2D eigenvalue weighted by Gasteiger charge is -2.17. The summed E-state index contributed by atoms with van der Waals surface area (Å²) in [6.07, 6.45) is 1.32. The van der Waals surface area contributed by atoms with E-state index in [0.717, 1.165) is 6.42 Å². The number of methoxy groups -OCH3 is 3. The number of hydrogen-bond acceptors (Lipinski definition) is 8. The maximum absolute atomic E-state index is 12.8. The molecule has 0 bridgehead atoms. The minimum absolute atomic E-state index is 0.123. The Labute approximate surface area is 166 Å². The lowest BCUT2D eigenvalue weighted by molar-refractivity contribution is 0.360. The van der Waals surface area contributed by atoms with Gasteiger partial charge in [0.2, 0.25) is 0 Å². The van der Waals surface area contributed by atoms with E-state index in [4.69, 9.17) is 23.2 Å². The number of fused-ring (bicyclic) bond motifs is 3. The van der Waals surface area contributed by atoms with Gasteiger partial charge in [-0.25, -0.2) is 0 Å². The third-order valence-electron chi connectivity index (χ3n) is 4.31. The number of ether oxygens (including phenoxy) is 3. The summed E-state index contributed by atoms with van der Waals surface area (Å²) in [6.45, 7) is 1.95. The van der Waals surface area contributed by atoms with Crippen LogP contribution in [-0.2, 0) is 16.8 Å². The first-order valence-electron chi connectivity index (χ1n) is 8.63. The lowest BCUT2D eigenvalue weighted by Crippen LogP contribution is -2.08. The third kappa shape index (κ3) is 3.81. The summed E-state index contributed by atoms with van der Waals surface area (Å²) in [6, 6.07) is 3.98. The lowest BCUT2D eigenvalue weighted by atomic mass is 10.0. The van der Waals surface area contributed by atoms with Crippen LogP contribution in [0.4, 0.5) is 0 Å². The van der Waals surface area contributed by atoms with Crippen LogP contribution in [0.2, 0.25) is 0 Å². The molecule has 0 saturated heterocycles. The van der Waals surface area contributed by atoms with E-state index in [2.05, 4.69) is 4.18 Å². The maximum Gasteiger partial charge on any atom is 0.446 e. The minimum Gasteiger partial charge on any atom is -0.496 e. The molecule has 0 fully saturated rings. The van der Waals surface area contributed by atoms with Crippen LogP contribution < -0.4 is 23.8 Å². The topological polar surface area (TPSA) is 122 Å². The highest BCUT2D eigenvalue weighted by molar-refractivity contribution is 7.81. The van der Waals surface area contributed by atoms with Gasteiger partial charge in [-0.2, -0.15) is 8.42 Å². The van der Waals surface area contributed by atoms with Gasteiger partial charge < -0.3 is 22.8 Å². The Hall–Kier alpha value is -2.98. The molecule has 0 radical (unpaired) electrons. The molecule has 0 amide bonds. The smallest absolute Gasteiger partial charge is 0.446 e. The van der Waals surface area contributed by atoms with Crippen molar-refractivity contribution in [3.05, 3.63) is 34.2 Å². The molecular formula is C19H20O9S. The molecule has 0 atom stereocenters. The summed E-state index contributed by atoms with van der Waals surface area (Å²) < 4.78 is 58.2. The van der Waals surface area contributed by atoms with Gasteiger partial charge in [0, 0.05) is 23.9 Å². The summed E-state index contributed by atoms with van der Waals surface area (Å²) in [7, 11) is -0.659. The highest BCUT2D eigenvalue weighted by Gasteiger charge is 2.25. The second-order valence-corrected chi connectivity index (χ2v) is 7.18. The average Bonchev–Trinajstić information content (AvgIpc) is 2.64. The van der Waals surface area contributed by atoms with Gasteiger partial charge in [0.25, 0.3) is 0 Å². The Balaban J connectivity index is 2.57. The van der Waals surface area contributed by atoms with Crippen LogP contribution in [-0.4, -0.2) is 34.3 Å². The molecule has 156 valence electrons. The fraction of sp³-hybridized carbons (Fsp3) is 0.316. The Bertz CT molecular complexity index is 1240. The molecule has 0 saturated carbocycles. The molecule has 10 heteroatoms. The molecule has 1 heterocycles. The van der Waals surface area contributed by atoms with Crippen LogP contribution in [0, 0.1) is 0 Å². The largest absolute Gasteiger partial charge is 0.496 e. The van der Waals surface area contributed by atoms with Crippen molar-refractivity contribution < 1.29 is 35.8 Å². The number of aryl methyl sites for hydroxylation is 1. The van der Waals surface area contributed by atoms with E-state index in [1.165, 1.54) is 39.5 Å². The van der Waals surface area contributed by atoms with Crippen molar-refractivity contribution in [1.29, 1.82) is 0 Å². The second-order valence-electron chi connectivity index (χ2n) is 6.16. The highest BCUT2D eigenvalue weighted by Crippen LogP contribution is 2.47. The molecule has 0 aliphatic carbocycles. The fourth-order valence-electron chi connectivity index (χ4n) is 3.27. The molecule has 1 aromatic heterocycles. The highest BCUT2D eigenvalue weighted by atomic mass is 32.3. The van der Waals surface area contributed by atoms with Gasteiger partial charge in [0.15, 0.2) is 22.5 Å². The maximum atomic E-state index is 12.8. The molecule has 0 unspecified atom stereocenters. The SMILES string of the molecule is CCCc1cc(=O)c2c(OC)c(OC)c3cc(OS(=O)(=O)O)cc(OC)c3c2o1. The first-order chi connectivity index (χ1) is 13.7. The van der Waals surface area contributed by atoms with E-state index in [1.54, 1.807) is 0 Å². The number of benzene rings is 2. The van der Waals surface area contributed by atoms with Crippen LogP contribution in [0.15, 0.2) is 27.4 Å². The second kappa shape index (κ2) is 7.80. The molecule has 1 N–H and O–H groups in total. The first-order valence-corrected chi connectivity index (χ1v) is 9.99. The molecule has 3 aromatic rings. The van der Waals surface area contributed by atoms with E-state index in [1.807, 2.05) is 6.92 Å². The van der Waals surface area contributed by atoms with E-state index < -0.39 is 10.4 Å². The molecule has 0 aliphatic heterocycles. The fourth-order valence-corrected chi connectivity index (χ4v) is 3.61. The molecular weight excluding hydrogens is 404 g/mol. The molecule has 0 spiro atoms. The normalized spacial score (nSPS) is 11.6. The zero-order valence-corrected chi connectivity index (χ0v) is 17.1. The predicted molar refractivity (Wildman–Crippen MR) is 106 cm³/mol. The van der Waals surface area contributed by atoms with Crippen LogP contribution >= 0.6 is 0 Å². The van der Waals surface area contributed by atoms with E-state index in [-0.39, 0.29) is 39.4 Å². The quantitative estimate of drug-likeness (QED) is 0.450. The molecule has 0 aliphatic rings. The van der Waals surface area contributed by atoms with Crippen LogP contribution in [0.1, 0.15) is 19.1 Å². The third-order valence-corrected chi connectivity index (χ3v) is 4.71. The van der Waals surface area contributed by atoms with Gasteiger partial charge >= 0.3 is 10.4 Å². The Kier molecular flexibility index (Phi) is 5.58. The van der Waals surface area contributed by atoms with Crippen molar-refractivity contribution in [2.24, 2.45) is 0 Å². The number of rotatable bonds is 7. The first kappa shape index (κ1) is 20.7. The molecule has 29 heavy (non-hydrogen) atoms. The van der Waals surface area contributed by atoms with Gasteiger partial charge in [0.1, 0.15) is 22.6 Å². The van der Waals surface area contributed by atoms with Crippen LogP contribution in [0.25, 0.3) is 21.7 Å². The van der Waals surface area contributed by atoms with E-state index >= 15 is 0 Å². The van der Waals surface area contributed by atoms with Gasteiger partial charge in [0.05, 0.1) is 26.7 Å². The van der Waals surface area contributed by atoms with E-state index in [9.17, 15) is 13.2 Å². The summed E-state index contributed by atoms with van der Waals surface area (Å²) in [5.74, 6) is 0.703. The van der Waals surface area contributed by atoms with Gasteiger partial charge in [-0.3, -0.25) is 9.35 Å². The van der Waals surface area contributed by atoms with Crippen molar-refractivity contribution >= 4 is 32.1 Å². The van der Waals surface area contributed by atoms with Crippen LogP contribution in [0.5, 0.6) is 23.0 Å². The van der Waals surface area contributed by atoms with Gasteiger partial charge in [-0.15, -0.1) is 0 Å². The van der Waals surface area contributed by atoms with Crippen molar-refractivity contribution in [3.63, 3.8) is 0 Å². The number of hydrogen-bond donors (Lipinski definition) is 1. The van der Waals surface area contributed by atoms with Gasteiger partial charge in [-0.1, -0.05) is 6.92 Å². The van der Waals surface area contributed by atoms with Gasteiger partial charge in [-0.05, 0) is 12.5 Å². The zero-order valence-electron chi connectivity index (χ0n) is 16.3. The zero-order chi connectivity index (χ0) is 21.3. The summed E-state index contributed by atoms with van der Waals surface area (Å²) in [5, 5.41) is 0.850. The van der Waals surface area contributed by atoms with Crippen molar-refractivity contribution in [2.75, 3.05) is 21.3 Å². The summed E-state index contributed by atoms with van der Waals surface area (Å²) in [5.41, 5.74) is -0.101. The van der Waals surface area contributed by atoms with E-state index in [0.29, 0.717) is 23.0 Å². The minimum atomic E-state index is -4.77. The molecule has 9 nitrogen and oxygen atoms in total. The van der Waals surface area contributed by atoms with Crippen molar-refractivity contribution in [2.45, 2.75) is 19.8 Å². The Morgan fingerprint density at radius 2 is 1.69 bits per heavy atom. The van der Waals surface area contributed by atoms with Crippen molar-refractivity contribution in [3.8, 4) is 23.0 Å². The monoisotopic (exact) mass is 424 g/mol. The van der Waals surface area contributed by atoms with Crippen molar-refractivity contribution in [1.82, 2.24) is 0 Å². The van der Waals surface area contributed by atoms with Crippen LogP contribution in [0.3, 0.4) is 0 Å². The average molecular weight is 424 g/mol. The standard InChI is InChI=1S/C19H20O9S/c1-5-6-10-8-13(20)16-18(27-10)15-12(17(25-3)19(16)26-4)7-11(9-14(15)24-2)28-29(21,22)23/h7-9H,5-6H2,1-4H3,(H,21,22,23).